The van der Waals surface area contributed by atoms with Crippen molar-refractivity contribution in [3.8, 4) is 0 Å². The lowest BCUT2D eigenvalue weighted by molar-refractivity contribution is 0.588. The SMILES string of the molecule is CN=C(NCc1cccc(S(=O)(=O)NC)c1)NCC1(c2cccc(F)c2)CC1.I. The zero-order chi connectivity index (χ0) is 20.2. The molecular formula is C20H26FIN4O2S. The Labute approximate surface area is 188 Å². The molecule has 1 aliphatic rings. The van der Waals surface area contributed by atoms with Gasteiger partial charge in [-0.05, 0) is 55.3 Å². The first-order valence-electron chi connectivity index (χ1n) is 9.12. The molecule has 1 fully saturated rings. The number of guanidine groups is 1. The molecular weight excluding hydrogens is 506 g/mol. The van der Waals surface area contributed by atoms with Crippen LogP contribution in [0.4, 0.5) is 4.39 Å². The Hall–Kier alpha value is -1.72. The van der Waals surface area contributed by atoms with Crippen LogP contribution >= 0.6 is 24.0 Å². The molecule has 29 heavy (non-hydrogen) atoms. The van der Waals surface area contributed by atoms with Gasteiger partial charge in [0.25, 0.3) is 0 Å². The average Bonchev–Trinajstić information content (AvgIpc) is 3.49. The quantitative estimate of drug-likeness (QED) is 0.291. The highest BCUT2D eigenvalue weighted by Crippen LogP contribution is 2.47. The van der Waals surface area contributed by atoms with Gasteiger partial charge in [-0.2, -0.15) is 0 Å². The number of benzene rings is 2. The van der Waals surface area contributed by atoms with Crippen molar-refractivity contribution in [1.29, 1.82) is 0 Å². The summed E-state index contributed by atoms with van der Waals surface area (Å²) >= 11 is 0. The van der Waals surface area contributed by atoms with Crippen molar-refractivity contribution in [3.05, 3.63) is 65.5 Å². The van der Waals surface area contributed by atoms with E-state index in [1.165, 1.54) is 13.1 Å². The molecule has 0 radical (unpaired) electrons. The summed E-state index contributed by atoms with van der Waals surface area (Å²) in [7, 11) is -0.408. The first kappa shape index (κ1) is 23.6. The lowest BCUT2D eigenvalue weighted by atomic mass is 9.96. The van der Waals surface area contributed by atoms with E-state index >= 15 is 0 Å². The van der Waals surface area contributed by atoms with E-state index in [-0.39, 0.29) is 40.1 Å². The second kappa shape index (κ2) is 9.86. The minimum absolute atomic E-state index is 0. The van der Waals surface area contributed by atoms with E-state index < -0.39 is 10.0 Å². The van der Waals surface area contributed by atoms with Gasteiger partial charge in [-0.15, -0.1) is 24.0 Å². The molecule has 0 aliphatic heterocycles. The summed E-state index contributed by atoms with van der Waals surface area (Å²) in [4.78, 5) is 4.44. The molecule has 3 rings (SSSR count). The fourth-order valence-corrected chi connectivity index (χ4v) is 3.94. The van der Waals surface area contributed by atoms with Crippen LogP contribution in [0.3, 0.4) is 0 Å². The van der Waals surface area contributed by atoms with Crippen molar-refractivity contribution >= 4 is 40.0 Å². The van der Waals surface area contributed by atoms with Gasteiger partial charge in [-0.3, -0.25) is 4.99 Å². The summed E-state index contributed by atoms with van der Waals surface area (Å²) in [6.07, 6.45) is 2.01. The van der Waals surface area contributed by atoms with Crippen LogP contribution in [-0.2, 0) is 22.0 Å². The average molecular weight is 532 g/mol. The standard InChI is InChI=1S/C20H25FN4O2S.HI/c1-22-19(24-13-15-5-3-8-18(11-15)28(26,27)23-2)25-14-20(9-10-20)16-6-4-7-17(21)12-16;/h3-8,11-12,23H,9-10,13-14H2,1-2H3,(H2,22,24,25);1H. The van der Waals surface area contributed by atoms with Crippen LogP contribution in [0.2, 0.25) is 0 Å². The van der Waals surface area contributed by atoms with Crippen molar-refractivity contribution < 1.29 is 12.8 Å². The van der Waals surface area contributed by atoms with Crippen molar-refractivity contribution in [2.75, 3.05) is 20.6 Å². The van der Waals surface area contributed by atoms with Crippen LogP contribution in [0.15, 0.2) is 58.4 Å². The topological polar surface area (TPSA) is 82.6 Å². The molecule has 0 heterocycles. The second-order valence-corrected chi connectivity index (χ2v) is 8.81. The number of nitrogens with one attached hydrogen (secondary N) is 3. The molecule has 0 atom stereocenters. The van der Waals surface area contributed by atoms with Crippen molar-refractivity contribution in [2.45, 2.75) is 29.7 Å². The van der Waals surface area contributed by atoms with Gasteiger partial charge in [0.15, 0.2) is 5.96 Å². The van der Waals surface area contributed by atoms with Gasteiger partial charge < -0.3 is 10.6 Å². The first-order chi connectivity index (χ1) is 13.4. The van der Waals surface area contributed by atoms with Crippen LogP contribution in [-0.4, -0.2) is 35.0 Å². The van der Waals surface area contributed by atoms with E-state index in [4.69, 9.17) is 0 Å². The Balaban J connectivity index is 0.00000300. The second-order valence-electron chi connectivity index (χ2n) is 6.92. The largest absolute Gasteiger partial charge is 0.356 e. The predicted octanol–water partition coefficient (Wildman–Crippen LogP) is 2.75. The lowest BCUT2D eigenvalue weighted by Crippen LogP contribution is -2.40. The van der Waals surface area contributed by atoms with E-state index in [0.29, 0.717) is 19.0 Å². The third kappa shape index (κ3) is 5.89. The maximum absolute atomic E-state index is 13.5. The summed E-state index contributed by atoms with van der Waals surface area (Å²) in [5.41, 5.74) is 1.77. The van der Waals surface area contributed by atoms with E-state index in [2.05, 4.69) is 20.3 Å². The minimum Gasteiger partial charge on any atom is -0.356 e. The van der Waals surface area contributed by atoms with Crippen LogP contribution in [0.1, 0.15) is 24.0 Å². The van der Waals surface area contributed by atoms with Crippen LogP contribution in [0.5, 0.6) is 0 Å². The summed E-state index contributed by atoms with van der Waals surface area (Å²) in [6.45, 7) is 1.09. The molecule has 1 saturated carbocycles. The van der Waals surface area contributed by atoms with Gasteiger partial charge in [-0.25, -0.2) is 17.5 Å². The molecule has 0 aromatic heterocycles. The van der Waals surface area contributed by atoms with E-state index in [1.54, 1.807) is 37.4 Å². The highest BCUT2D eigenvalue weighted by molar-refractivity contribution is 14.0. The number of halogens is 2. The zero-order valence-corrected chi connectivity index (χ0v) is 19.6. The maximum Gasteiger partial charge on any atom is 0.240 e. The number of hydrogen-bond donors (Lipinski definition) is 3. The molecule has 0 unspecified atom stereocenters. The smallest absolute Gasteiger partial charge is 0.240 e. The fourth-order valence-electron chi connectivity index (χ4n) is 3.14. The lowest BCUT2D eigenvalue weighted by Gasteiger charge is -2.19. The zero-order valence-electron chi connectivity index (χ0n) is 16.4. The van der Waals surface area contributed by atoms with Gasteiger partial charge in [-0.1, -0.05) is 24.3 Å². The monoisotopic (exact) mass is 532 g/mol. The summed E-state index contributed by atoms with van der Waals surface area (Å²) in [6, 6.07) is 13.5. The van der Waals surface area contributed by atoms with E-state index in [0.717, 1.165) is 24.0 Å². The Morgan fingerprint density at radius 1 is 1.14 bits per heavy atom. The summed E-state index contributed by atoms with van der Waals surface area (Å²) in [5, 5.41) is 6.50. The number of hydrogen-bond acceptors (Lipinski definition) is 3. The maximum atomic E-state index is 13.5. The van der Waals surface area contributed by atoms with Crippen molar-refractivity contribution in [1.82, 2.24) is 15.4 Å². The first-order valence-corrected chi connectivity index (χ1v) is 10.6. The van der Waals surface area contributed by atoms with Gasteiger partial charge in [0.2, 0.25) is 10.0 Å². The van der Waals surface area contributed by atoms with Crippen LogP contribution in [0, 0.1) is 5.82 Å². The molecule has 158 valence electrons. The molecule has 3 N–H and O–H groups in total. The van der Waals surface area contributed by atoms with Gasteiger partial charge >= 0.3 is 0 Å². The van der Waals surface area contributed by atoms with Crippen LogP contribution in [0.25, 0.3) is 0 Å². The number of nitrogens with zero attached hydrogens (tertiary/aromatic N) is 1. The molecule has 6 nitrogen and oxygen atoms in total. The molecule has 0 spiro atoms. The number of sulfonamides is 1. The minimum atomic E-state index is -3.47. The summed E-state index contributed by atoms with van der Waals surface area (Å²) < 4.78 is 39.7. The van der Waals surface area contributed by atoms with E-state index in [1.807, 2.05) is 12.1 Å². The fraction of sp³-hybridized carbons (Fsp3) is 0.350. The third-order valence-electron chi connectivity index (χ3n) is 5.05. The molecule has 0 saturated heterocycles. The summed E-state index contributed by atoms with van der Waals surface area (Å²) in [5.74, 6) is 0.396. The Bertz CT molecular complexity index is 978. The Morgan fingerprint density at radius 2 is 1.86 bits per heavy atom. The highest BCUT2D eigenvalue weighted by Gasteiger charge is 2.44. The third-order valence-corrected chi connectivity index (χ3v) is 6.46. The normalized spacial score (nSPS) is 15.3. The van der Waals surface area contributed by atoms with Crippen molar-refractivity contribution in [2.24, 2.45) is 4.99 Å². The Kier molecular flexibility index (Phi) is 8.01. The van der Waals surface area contributed by atoms with Crippen LogP contribution < -0.4 is 15.4 Å². The number of rotatable bonds is 7. The molecule has 1 aliphatic carbocycles. The van der Waals surface area contributed by atoms with Gasteiger partial charge in [0, 0.05) is 25.6 Å². The Morgan fingerprint density at radius 3 is 2.48 bits per heavy atom. The van der Waals surface area contributed by atoms with Crippen molar-refractivity contribution in [3.63, 3.8) is 0 Å². The van der Waals surface area contributed by atoms with E-state index in [9.17, 15) is 12.8 Å². The molecule has 0 bridgehead atoms. The van der Waals surface area contributed by atoms with Gasteiger partial charge in [0.05, 0.1) is 4.90 Å². The molecule has 2 aromatic rings. The molecule has 2 aromatic carbocycles. The molecule has 0 amide bonds. The highest BCUT2D eigenvalue weighted by atomic mass is 127. The number of aliphatic imine (C=N–C) groups is 1. The van der Waals surface area contributed by atoms with Gasteiger partial charge in [0.1, 0.15) is 5.82 Å². The predicted molar refractivity (Wildman–Crippen MR) is 124 cm³/mol. The molecule has 9 heteroatoms.